The van der Waals surface area contributed by atoms with Gasteiger partial charge in [-0.05, 0) is 55.1 Å². The summed E-state index contributed by atoms with van der Waals surface area (Å²) < 4.78 is 13.6. The largest absolute Gasteiger partial charge is 0.324 e. The van der Waals surface area contributed by atoms with Crippen molar-refractivity contribution >= 4 is 29.0 Å². The minimum Gasteiger partial charge on any atom is -0.324 e. The predicted octanol–water partition coefficient (Wildman–Crippen LogP) is 4.25. The van der Waals surface area contributed by atoms with Crippen molar-refractivity contribution in [3.8, 4) is 0 Å². The van der Waals surface area contributed by atoms with Gasteiger partial charge in [-0.1, -0.05) is 29.8 Å². The zero-order chi connectivity index (χ0) is 21.8. The molecule has 0 bridgehead atoms. The maximum absolute atomic E-state index is 13.9. The normalized spacial score (nSPS) is 24.9. The molecule has 0 aliphatic carbocycles. The SMILES string of the molecule is CN1C[C@H](c2ccc(F)cc2)[C@H](C(=O)c2ccccn2)[C@@]12C(=O)Nc1ccc(Cl)cc12. The molecule has 1 spiro atoms. The number of carbonyl (C=O) groups excluding carboxylic acids is 2. The third-order valence-electron chi connectivity index (χ3n) is 6.41. The summed E-state index contributed by atoms with van der Waals surface area (Å²) in [7, 11) is 1.83. The van der Waals surface area contributed by atoms with E-state index in [1.54, 1.807) is 54.7 Å². The number of rotatable bonds is 3. The van der Waals surface area contributed by atoms with Crippen molar-refractivity contribution in [1.29, 1.82) is 0 Å². The average Bonchev–Trinajstić information content (AvgIpc) is 3.24. The van der Waals surface area contributed by atoms with Gasteiger partial charge < -0.3 is 5.32 Å². The number of benzene rings is 2. The van der Waals surface area contributed by atoms with Crippen LogP contribution in [0, 0.1) is 11.7 Å². The second-order valence-electron chi connectivity index (χ2n) is 8.01. The molecule has 0 saturated carbocycles. The molecule has 1 aromatic heterocycles. The molecule has 0 radical (unpaired) electrons. The first-order chi connectivity index (χ1) is 14.9. The van der Waals surface area contributed by atoms with Crippen LogP contribution in [-0.4, -0.2) is 35.2 Å². The second kappa shape index (κ2) is 7.25. The molecule has 5 nitrogen and oxygen atoms in total. The molecule has 31 heavy (non-hydrogen) atoms. The van der Waals surface area contributed by atoms with E-state index in [0.717, 1.165) is 5.56 Å². The van der Waals surface area contributed by atoms with Crippen LogP contribution in [0.2, 0.25) is 5.02 Å². The molecule has 1 saturated heterocycles. The number of ketones is 1. The number of anilines is 1. The quantitative estimate of drug-likeness (QED) is 0.625. The zero-order valence-electron chi connectivity index (χ0n) is 16.7. The Morgan fingerprint density at radius 1 is 1.19 bits per heavy atom. The highest BCUT2D eigenvalue weighted by Gasteiger charge is 2.64. The second-order valence-corrected chi connectivity index (χ2v) is 8.44. The van der Waals surface area contributed by atoms with Crippen LogP contribution in [0.1, 0.15) is 27.5 Å². The van der Waals surface area contributed by atoms with E-state index in [1.807, 2.05) is 11.9 Å². The number of amides is 1. The van der Waals surface area contributed by atoms with Crippen LogP contribution in [0.3, 0.4) is 0 Å². The molecule has 5 rings (SSSR count). The summed E-state index contributed by atoms with van der Waals surface area (Å²) >= 11 is 6.30. The van der Waals surface area contributed by atoms with Crippen molar-refractivity contribution in [2.24, 2.45) is 5.92 Å². The van der Waals surface area contributed by atoms with Gasteiger partial charge in [0.1, 0.15) is 17.1 Å². The maximum Gasteiger partial charge on any atom is 0.250 e. The third-order valence-corrected chi connectivity index (χ3v) is 6.64. The number of likely N-dealkylation sites (tertiary alicyclic amines) is 1. The molecule has 1 N–H and O–H groups in total. The van der Waals surface area contributed by atoms with E-state index in [1.165, 1.54) is 12.1 Å². The van der Waals surface area contributed by atoms with Gasteiger partial charge in [-0.15, -0.1) is 0 Å². The Kier molecular flexibility index (Phi) is 4.64. The number of aromatic nitrogens is 1. The van der Waals surface area contributed by atoms with Gasteiger partial charge in [0.2, 0.25) is 5.91 Å². The van der Waals surface area contributed by atoms with Crippen molar-refractivity contribution in [1.82, 2.24) is 9.88 Å². The Morgan fingerprint density at radius 3 is 2.68 bits per heavy atom. The molecular weight excluding hydrogens is 417 g/mol. The standard InChI is InChI=1S/C24H19ClFN3O2/c1-29-13-17(14-5-8-16(26)9-6-14)21(22(30)20-4-2-3-11-27-20)24(29)18-12-15(25)7-10-19(18)28-23(24)31/h2-12,17,21H,13H2,1H3,(H,28,31)/t17-,21-,24+/m1/s1. The summed E-state index contributed by atoms with van der Waals surface area (Å²) in [6.07, 6.45) is 1.56. The highest BCUT2D eigenvalue weighted by atomic mass is 35.5. The Morgan fingerprint density at radius 2 is 1.97 bits per heavy atom. The summed E-state index contributed by atoms with van der Waals surface area (Å²) in [6, 6.07) is 16.5. The van der Waals surface area contributed by atoms with Crippen LogP contribution in [0.4, 0.5) is 10.1 Å². The number of fused-ring (bicyclic) bond motifs is 2. The fraction of sp³-hybridized carbons (Fsp3) is 0.208. The minimum atomic E-state index is -1.24. The summed E-state index contributed by atoms with van der Waals surface area (Å²) in [5, 5.41) is 3.42. The van der Waals surface area contributed by atoms with Crippen LogP contribution in [0.25, 0.3) is 0 Å². The van der Waals surface area contributed by atoms with E-state index >= 15 is 0 Å². The molecule has 3 atom stereocenters. The van der Waals surface area contributed by atoms with Gasteiger partial charge in [-0.25, -0.2) is 4.39 Å². The van der Waals surface area contributed by atoms with Gasteiger partial charge in [0.15, 0.2) is 5.78 Å². The molecule has 2 aromatic carbocycles. The van der Waals surface area contributed by atoms with E-state index in [2.05, 4.69) is 10.3 Å². The van der Waals surface area contributed by atoms with E-state index in [-0.39, 0.29) is 29.1 Å². The highest BCUT2D eigenvalue weighted by Crippen LogP contribution is 2.55. The first kappa shape index (κ1) is 19.8. The van der Waals surface area contributed by atoms with Gasteiger partial charge in [-0.3, -0.25) is 19.5 Å². The van der Waals surface area contributed by atoms with E-state index in [4.69, 9.17) is 11.6 Å². The predicted molar refractivity (Wildman–Crippen MR) is 116 cm³/mol. The van der Waals surface area contributed by atoms with Crippen molar-refractivity contribution < 1.29 is 14.0 Å². The Labute approximate surface area is 183 Å². The smallest absolute Gasteiger partial charge is 0.250 e. The van der Waals surface area contributed by atoms with Crippen molar-refractivity contribution in [2.45, 2.75) is 11.5 Å². The lowest BCUT2D eigenvalue weighted by molar-refractivity contribution is -0.126. The van der Waals surface area contributed by atoms with Crippen molar-refractivity contribution in [3.05, 3.63) is 94.5 Å². The topological polar surface area (TPSA) is 62.3 Å². The average molecular weight is 436 g/mol. The van der Waals surface area contributed by atoms with E-state index < -0.39 is 11.5 Å². The van der Waals surface area contributed by atoms with Crippen LogP contribution in [0.5, 0.6) is 0 Å². The lowest BCUT2D eigenvalue weighted by Gasteiger charge is -2.35. The Bertz CT molecular complexity index is 1190. The number of hydrogen-bond donors (Lipinski definition) is 1. The summed E-state index contributed by atoms with van der Waals surface area (Å²) in [5.74, 6) is -1.96. The lowest BCUT2D eigenvalue weighted by atomic mass is 9.71. The van der Waals surface area contributed by atoms with Gasteiger partial charge in [-0.2, -0.15) is 0 Å². The number of nitrogens with one attached hydrogen (secondary N) is 1. The van der Waals surface area contributed by atoms with Gasteiger partial charge >= 0.3 is 0 Å². The number of Topliss-reactive ketones (excluding diaryl/α,β-unsaturated/α-hetero) is 1. The summed E-state index contributed by atoms with van der Waals surface area (Å²) in [4.78, 5) is 33.6. The summed E-state index contributed by atoms with van der Waals surface area (Å²) in [5.41, 5.74) is 1.15. The number of pyridine rings is 1. The molecule has 3 aromatic rings. The van der Waals surface area contributed by atoms with Crippen molar-refractivity contribution in [3.63, 3.8) is 0 Å². The fourth-order valence-corrected chi connectivity index (χ4v) is 5.26. The van der Waals surface area contributed by atoms with Crippen LogP contribution in [-0.2, 0) is 10.3 Å². The van der Waals surface area contributed by atoms with Crippen LogP contribution in [0.15, 0.2) is 66.9 Å². The van der Waals surface area contributed by atoms with Gasteiger partial charge in [0.25, 0.3) is 0 Å². The van der Waals surface area contributed by atoms with Gasteiger partial charge in [0.05, 0.1) is 5.92 Å². The molecule has 7 heteroatoms. The van der Waals surface area contributed by atoms with Crippen LogP contribution >= 0.6 is 11.6 Å². The molecule has 3 heterocycles. The molecule has 2 aliphatic rings. The highest BCUT2D eigenvalue weighted by molar-refractivity contribution is 6.31. The Balaban J connectivity index is 1.74. The monoisotopic (exact) mass is 435 g/mol. The molecule has 1 fully saturated rings. The summed E-state index contributed by atoms with van der Waals surface area (Å²) in [6.45, 7) is 0.439. The number of likely N-dealkylation sites (N-methyl/N-ethyl adjacent to an activating group) is 1. The maximum atomic E-state index is 13.9. The number of nitrogens with zero attached hydrogens (tertiary/aromatic N) is 2. The lowest BCUT2D eigenvalue weighted by Crippen LogP contribution is -2.51. The number of hydrogen-bond acceptors (Lipinski definition) is 4. The first-order valence-corrected chi connectivity index (χ1v) is 10.3. The molecule has 1 amide bonds. The molecular formula is C24H19ClFN3O2. The van der Waals surface area contributed by atoms with Crippen LogP contribution < -0.4 is 5.32 Å². The number of halogens is 2. The minimum absolute atomic E-state index is 0.234. The fourth-order valence-electron chi connectivity index (χ4n) is 5.09. The van der Waals surface area contributed by atoms with Gasteiger partial charge in [0, 0.05) is 34.9 Å². The number of carbonyl (C=O) groups is 2. The zero-order valence-corrected chi connectivity index (χ0v) is 17.4. The molecule has 2 aliphatic heterocycles. The van der Waals surface area contributed by atoms with E-state index in [9.17, 15) is 14.0 Å². The first-order valence-electron chi connectivity index (χ1n) is 9.96. The molecule has 0 unspecified atom stereocenters. The van der Waals surface area contributed by atoms with Crippen molar-refractivity contribution in [2.75, 3.05) is 18.9 Å². The molecule has 156 valence electrons. The Hall–Kier alpha value is -3.09. The van der Waals surface area contributed by atoms with E-state index in [0.29, 0.717) is 22.8 Å². The third kappa shape index (κ3) is 2.90.